The Morgan fingerprint density at radius 3 is 2.60 bits per heavy atom. The van der Waals surface area contributed by atoms with Crippen LogP contribution in [0.15, 0.2) is 66.9 Å². The minimum atomic E-state index is 0.556. The van der Waals surface area contributed by atoms with E-state index in [0.29, 0.717) is 12.1 Å². The molecular formula is C21H16N4. The number of rotatable bonds is 3. The van der Waals surface area contributed by atoms with E-state index in [0.717, 1.165) is 33.7 Å². The number of fused-ring (bicyclic) bond motifs is 1. The zero-order valence-electron chi connectivity index (χ0n) is 13.8. The van der Waals surface area contributed by atoms with Crippen molar-refractivity contribution in [1.82, 2.24) is 14.5 Å². The lowest BCUT2D eigenvalue weighted by atomic mass is 10.1. The summed E-state index contributed by atoms with van der Waals surface area (Å²) in [4.78, 5) is 9.41. The van der Waals surface area contributed by atoms with Crippen LogP contribution >= 0.6 is 0 Å². The maximum atomic E-state index is 9.39. The summed E-state index contributed by atoms with van der Waals surface area (Å²) < 4.78 is 2.08. The van der Waals surface area contributed by atoms with Crippen molar-refractivity contribution in [1.29, 1.82) is 5.26 Å². The number of imidazole rings is 1. The average molecular weight is 324 g/mol. The fourth-order valence-corrected chi connectivity index (χ4v) is 3.01. The molecule has 0 saturated carbocycles. The maximum absolute atomic E-state index is 9.39. The standard InChI is InChI=1S/C21H16N4/c1-15-11-19-21(23-13-15)25(14-18-10-6-5-9-17(18)12-22)20(24-19)16-7-3-2-4-8-16/h2-11,13H,14H2,1H3. The largest absolute Gasteiger partial charge is 0.304 e. The topological polar surface area (TPSA) is 54.5 Å². The van der Waals surface area contributed by atoms with Crippen LogP contribution in [-0.2, 0) is 6.54 Å². The van der Waals surface area contributed by atoms with E-state index in [4.69, 9.17) is 4.98 Å². The molecule has 0 fully saturated rings. The zero-order valence-corrected chi connectivity index (χ0v) is 13.8. The first-order valence-electron chi connectivity index (χ1n) is 8.12. The minimum absolute atomic E-state index is 0.556. The number of benzene rings is 2. The molecule has 4 heteroatoms. The number of hydrogen-bond acceptors (Lipinski definition) is 3. The van der Waals surface area contributed by atoms with Crippen LogP contribution in [0.2, 0.25) is 0 Å². The zero-order chi connectivity index (χ0) is 17.2. The molecule has 0 radical (unpaired) electrons. The van der Waals surface area contributed by atoms with Crippen LogP contribution < -0.4 is 0 Å². The molecule has 25 heavy (non-hydrogen) atoms. The Bertz CT molecular complexity index is 1090. The molecule has 0 N–H and O–H groups in total. The van der Waals surface area contributed by atoms with Gasteiger partial charge in [0.2, 0.25) is 0 Å². The molecular weight excluding hydrogens is 308 g/mol. The summed E-state index contributed by atoms with van der Waals surface area (Å²) in [5, 5.41) is 9.39. The van der Waals surface area contributed by atoms with Crippen molar-refractivity contribution in [2.45, 2.75) is 13.5 Å². The first-order chi connectivity index (χ1) is 12.3. The lowest BCUT2D eigenvalue weighted by Crippen LogP contribution is -2.05. The maximum Gasteiger partial charge on any atom is 0.160 e. The van der Waals surface area contributed by atoms with Gasteiger partial charge in [0.05, 0.1) is 18.2 Å². The van der Waals surface area contributed by atoms with Crippen LogP contribution in [0, 0.1) is 18.3 Å². The van der Waals surface area contributed by atoms with Gasteiger partial charge >= 0.3 is 0 Å². The van der Waals surface area contributed by atoms with E-state index >= 15 is 0 Å². The molecule has 2 heterocycles. The molecule has 0 saturated heterocycles. The van der Waals surface area contributed by atoms with Crippen LogP contribution in [0.4, 0.5) is 0 Å². The quantitative estimate of drug-likeness (QED) is 0.564. The Hall–Kier alpha value is -3.45. The Morgan fingerprint density at radius 1 is 1.04 bits per heavy atom. The molecule has 0 aliphatic heterocycles. The monoisotopic (exact) mass is 324 g/mol. The van der Waals surface area contributed by atoms with Gasteiger partial charge in [-0.15, -0.1) is 0 Å². The molecule has 4 nitrogen and oxygen atoms in total. The van der Waals surface area contributed by atoms with E-state index in [1.165, 1.54) is 0 Å². The van der Waals surface area contributed by atoms with Crippen LogP contribution in [0.25, 0.3) is 22.6 Å². The highest BCUT2D eigenvalue weighted by Crippen LogP contribution is 2.25. The molecule has 0 bridgehead atoms. The van der Waals surface area contributed by atoms with Gasteiger partial charge in [-0.2, -0.15) is 5.26 Å². The van der Waals surface area contributed by atoms with Gasteiger partial charge in [0.15, 0.2) is 5.65 Å². The second kappa shape index (κ2) is 6.21. The molecule has 0 aliphatic rings. The third kappa shape index (κ3) is 2.77. The molecule has 0 amide bonds. The fourth-order valence-electron chi connectivity index (χ4n) is 3.01. The Kier molecular flexibility index (Phi) is 3.75. The summed E-state index contributed by atoms with van der Waals surface area (Å²) in [6.07, 6.45) is 1.85. The number of nitrogens with zero attached hydrogens (tertiary/aromatic N) is 4. The smallest absolute Gasteiger partial charge is 0.160 e. The Balaban J connectivity index is 1.93. The van der Waals surface area contributed by atoms with Crippen LogP contribution in [0.5, 0.6) is 0 Å². The third-order valence-electron chi connectivity index (χ3n) is 4.22. The summed E-state index contributed by atoms with van der Waals surface area (Å²) in [6, 6.07) is 22.0. The molecule has 4 aromatic rings. The van der Waals surface area contributed by atoms with Crippen LogP contribution in [0.3, 0.4) is 0 Å². The van der Waals surface area contributed by atoms with Crippen LogP contribution in [0.1, 0.15) is 16.7 Å². The van der Waals surface area contributed by atoms with Crippen molar-refractivity contribution in [3.05, 3.63) is 83.6 Å². The lowest BCUT2D eigenvalue weighted by molar-refractivity contribution is 0.821. The van der Waals surface area contributed by atoms with E-state index in [1.54, 1.807) is 0 Å². The highest BCUT2D eigenvalue weighted by atomic mass is 15.1. The van der Waals surface area contributed by atoms with Gasteiger partial charge in [0.25, 0.3) is 0 Å². The van der Waals surface area contributed by atoms with Gasteiger partial charge in [0, 0.05) is 11.8 Å². The second-order valence-corrected chi connectivity index (χ2v) is 6.01. The number of aryl methyl sites for hydroxylation is 1. The predicted octanol–water partition coefficient (Wildman–Crippen LogP) is 4.33. The van der Waals surface area contributed by atoms with Gasteiger partial charge in [-0.1, -0.05) is 48.5 Å². The van der Waals surface area contributed by atoms with Crippen molar-refractivity contribution in [2.75, 3.05) is 0 Å². The van der Waals surface area contributed by atoms with Gasteiger partial charge in [-0.3, -0.25) is 0 Å². The summed E-state index contributed by atoms with van der Waals surface area (Å²) in [5.74, 6) is 0.862. The molecule has 0 spiro atoms. The highest BCUT2D eigenvalue weighted by Gasteiger charge is 2.15. The second-order valence-electron chi connectivity index (χ2n) is 6.01. The van der Waals surface area contributed by atoms with E-state index in [1.807, 2.05) is 73.8 Å². The fraction of sp³-hybridized carbons (Fsp3) is 0.0952. The van der Waals surface area contributed by atoms with E-state index < -0.39 is 0 Å². The third-order valence-corrected chi connectivity index (χ3v) is 4.22. The molecule has 120 valence electrons. The first-order valence-corrected chi connectivity index (χ1v) is 8.12. The normalized spacial score (nSPS) is 10.7. The van der Waals surface area contributed by atoms with E-state index in [9.17, 15) is 5.26 Å². The Morgan fingerprint density at radius 2 is 1.80 bits per heavy atom. The van der Waals surface area contributed by atoms with Gasteiger partial charge < -0.3 is 4.57 Å². The highest BCUT2D eigenvalue weighted by molar-refractivity contribution is 5.77. The summed E-state index contributed by atoms with van der Waals surface area (Å²) in [5.41, 5.74) is 5.45. The lowest BCUT2D eigenvalue weighted by Gasteiger charge is -2.10. The van der Waals surface area contributed by atoms with Gasteiger partial charge in [-0.25, -0.2) is 9.97 Å². The van der Waals surface area contributed by atoms with E-state index in [2.05, 4.69) is 15.6 Å². The van der Waals surface area contributed by atoms with Gasteiger partial charge in [0.1, 0.15) is 11.3 Å². The predicted molar refractivity (Wildman–Crippen MR) is 98.0 cm³/mol. The number of pyridine rings is 1. The van der Waals surface area contributed by atoms with Crippen molar-refractivity contribution in [2.24, 2.45) is 0 Å². The average Bonchev–Trinajstić information content (AvgIpc) is 3.00. The number of aromatic nitrogens is 3. The summed E-state index contributed by atoms with van der Waals surface area (Å²) in [7, 11) is 0. The first kappa shape index (κ1) is 15.1. The molecule has 4 rings (SSSR count). The SMILES string of the molecule is Cc1cnc2c(c1)nc(-c1ccccc1)n2Cc1ccccc1C#N. The summed E-state index contributed by atoms with van der Waals surface area (Å²) in [6.45, 7) is 2.57. The Labute approximate surface area is 146 Å². The molecule has 0 unspecified atom stereocenters. The van der Waals surface area contributed by atoms with Crippen molar-refractivity contribution in [3.63, 3.8) is 0 Å². The summed E-state index contributed by atoms with van der Waals surface area (Å²) >= 11 is 0. The molecule has 2 aromatic carbocycles. The van der Waals surface area contributed by atoms with Crippen LogP contribution in [-0.4, -0.2) is 14.5 Å². The minimum Gasteiger partial charge on any atom is -0.304 e. The van der Waals surface area contributed by atoms with E-state index in [-0.39, 0.29) is 0 Å². The number of hydrogen-bond donors (Lipinski definition) is 0. The van der Waals surface area contributed by atoms with Crippen molar-refractivity contribution < 1.29 is 0 Å². The number of nitriles is 1. The van der Waals surface area contributed by atoms with Crippen molar-refractivity contribution >= 4 is 11.2 Å². The molecule has 0 aliphatic carbocycles. The molecule has 2 aromatic heterocycles. The molecule has 0 atom stereocenters. The van der Waals surface area contributed by atoms with Crippen molar-refractivity contribution in [3.8, 4) is 17.5 Å². The van der Waals surface area contributed by atoms with Gasteiger partial charge in [-0.05, 0) is 30.2 Å².